The summed E-state index contributed by atoms with van der Waals surface area (Å²) in [6, 6.07) is 0. The zero-order valence-electron chi connectivity index (χ0n) is 15.3. The molecule has 4 rings (SSSR count). The van der Waals surface area contributed by atoms with E-state index in [0.29, 0.717) is 19.3 Å². The van der Waals surface area contributed by atoms with Crippen molar-refractivity contribution < 1.29 is 34.4 Å². The number of ether oxygens (including phenoxy) is 1. The Hall–Kier alpha value is -1.57. The van der Waals surface area contributed by atoms with Crippen LogP contribution in [0.15, 0.2) is 11.6 Å². The third-order valence-electron chi connectivity index (χ3n) is 7.13. The molecule has 7 nitrogen and oxygen atoms in total. The minimum absolute atomic E-state index is 0.113. The van der Waals surface area contributed by atoms with Gasteiger partial charge in [0.2, 0.25) is 0 Å². The van der Waals surface area contributed by atoms with Crippen LogP contribution in [0.1, 0.15) is 40.0 Å². The largest absolute Gasteiger partial charge is 0.483 e. The van der Waals surface area contributed by atoms with Gasteiger partial charge < -0.3 is 20.1 Å². The zero-order valence-corrected chi connectivity index (χ0v) is 15.3. The van der Waals surface area contributed by atoms with E-state index in [1.807, 2.05) is 20.8 Å². The van der Waals surface area contributed by atoms with Gasteiger partial charge in [-0.3, -0.25) is 14.4 Å². The highest BCUT2D eigenvalue weighted by Crippen LogP contribution is 2.66. The summed E-state index contributed by atoms with van der Waals surface area (Å²) in [5.41, 5.74) is -1.23. The van der Waals surface area contributed by atoms with Gasteiger partial charge in [0.1, 0.15) is 11.9 Å². The van der Waals surface area contributed by atoms with Crippen LogP contribution in [0, 0.1) is 22.7 Å². The fourth-order valence-electron chi connectivity index (χ4n) is 6.24. The van der Waals surface area contributed by atoms with E-state index >= 15 is 0 Å². The quantitative estimate of drug-likeness (QED) is 0.540. The Kier molecular flexibility index (Phi) is 4.41. The number of allylic oxidation sites excluding steroid dienone is 1. The second-order valence-corrected chi connectivity index (χ2v) is 8.67. The molecule has 26 heavy (non-hydrogen) atoms. The number of rotatable bonds is 0. The van der Waals surface area contributed by atoms with Gasteiger partial charge in [-0.2, -0.15) is 0 Å². The number of Topliss-reactive ketones (excluding diaryl/α,β-unsaturated/α-hetero) is 1. The highest BCUT2D eigenvalue weighted by molar-refractivity contribution is 5.97. The van der Waals surface area contributed by atoms with Gasteiger partial charge in [0.25, 0.3) is 6.47 Å². The minimum Gasteiger partial charge on any atom is -0.483 e. The maximum atomic E-state index is 13.0. The molecule has 0 aromatic heterocycles. The standard InChI is InChI=1S/C18H24O5.CH2O2/c1-9-4-11(19)15(22)17(3)10(9)5-13(21)18-7-16(2,23-8-18)6-12(20)14(17)18;2-1-3/h4,10,12,14-15,20,22H,5-8H2,1-3H3;1H,(H,2,3)/t10-,12?,14+,15?,16+,17?,18?;/m0./s1. The molecular formula is C19H26O7. The van der Waals surface area contributed by atoms with Crippen LogP contribution in [0.25, 0.3) is 0 Å². The summed E-state index contributed by atoms with van der Waals surface area (Å²) < 4.78 is 5.92. The van der Waals surface area contributed by atoms with Crippen LogP contribution < -0.4 is 0 Å². The topological polar surface area (TPSA) is 121 Å². The van der Waals surface area contributed by atoms with Crippen molar-refractivity contribution in [2.45, 2.75) is 57.8 Å². The SMILES string of the molecule is CC1=CC(=O)C(O)C2(C)[C@H]1CC(=O)C13CO[C@](C)(CC(O)[C@@H]12)C3.O=CO. The normalized spacial score (nSPS) is 49.3. The average Bonchev–Trinajstić information content (AvgIpc) is 2.82. The highest BCUT2D eigenvalue weighted by Gasteiger charge is 2.72. The molecule has 0 radical (unpaired) electrons. The number of hydrogen-bond acceptors (Lipinski definition) is 6. The fraction of sp³-hybridized carbons (Fsp3) is 0.737. The van der Waals surface area contributed by atoms with Crippen molar-refractivity contribution in [3.63, 3.8) is 0 Å². The molecule has 1 saturated heterocycles. The molecule has 7 atom stereocenters. The number of fused-ring (bicyclic) bond motifs is 3. The van der Waals surface area contributed by atoms with Crippen molar-refractivity contribution in [3.8, 4) is 0 Å². The third kappa shape index (κ3) is 2.33. The summed E-state index contributed by atoms with van der Waals surface area (Å²) in [7, 11) is 0. The number of ketones is 2. The lowest BCUT2D eigenvalue weighted by Crippen LogP contribution is -2.67. The van der Waals surface area contributed by atoms with Gasteiger partial charge in [0.05, 0.1) is 23.7 Å². The van der Waals surface area contributed by atoms with Crippen molar-refractivity contribution >= 4 is 18.0 Å². The first-order chi connectivity index (χ1) is 12.1. The van der Waals surface area contributed by atoms with Gasteiger partial charge in [-0.15, -0.1) is 0 Å². The molecule has 2 saturated carbocycles. The Labute approximate surface area is 152 Å². The van der Waals surface area contributed by atoms with Crippen molar-refractivity contribution in [1.29, 1.82) is 0 Å². The van der Waals surface area contributed by atoms with Crippen molar-refractivity contribution in [3.05, 3.63) is 11.6 Å². The lowest BCUT2D eigenvalue weighted by molar-refractivity contribution is -0.188. The molecule has 3 N–H and O–H groups in total. The molecule has 1 heterocycles. The summed E-state index contributed by atoms with van der Waals surface area (Å²) in [6.45, 7) is 5.70. The maximum absolute atomic E-state index is 13.0. The van der Waals surface area contributed by atoms with E-state index < -0.39 is 34.6 Å². The predicted molar refractivity (Wildman–Crippen MR) is 90.2 cm³/mol. The smallest absolute Gasteiger partial charge is 0.290 e. The van der Waals surface area contributed by atoms with Gasteiger partial charge in [-0.05, 0) is 32.3 Å². The first-order valence-corrected chi connectivity index (χ1v) is 8.89. The molecule has 3 fully saturated rings. The van der Waals surface area contributed by atoms with E-state index in [4.69, 9.17) is 14.6 Å². The van der Waals surface area contributed by atoms with Crippen LogP contribution in [-0.2, 0) is 19.1 Å². The lowest BCUT2D eigenvalue weighted by Gasteiger charge is -2.60. The molecule has 4 unspecified atom stereocenters. The molecule has 0 aromatic rings. The van der Waals surface area contributed by atoms with Crippen LogP contribution in [0.4, 0.5) is 0 Å². The Bertz CT molecular complexity index is 685. The van der Waals surface area contributed by atoms with E-state index in [1.54, 1.807) is 0 Å². The van der Waals surface area contributed by atoms with Crippen LogP contribution >= 0.6 is 0 Å². The first-order valence-electron chi connectivity index (χ1n) is 8.89. The van der Waals surface area contributed by atoms with Gasteiger partial charge >= 0.3 is 0 Å². The lowest BCUT2D eigenvalue weighted by atomic mass is 9.42. The summed E-state index contributed by atoms with van der Waals surface area (Å²) in [5, 5.41) is 28.5. The average molecular weight is 366 g/mol. The fourth-order valence-corrected chi connectivity index (χ4v) is 6.24. The monoisotopic (exact) mass is 366 g/mol. The molecule has 2 bridgehead atoms. The maximum Gasteiger partial charge on any atom is 0.290 e. The van der Waals surface area contributed by atoms with Gasteiger partial charge in [0, 0.05) is 24.2 Å². The second-order valence-electron chi connectivity index (χ2n) is 8.67. The first kappa shape index (κ1) is 19.2. The second kappa shape index (κ2) is 5.97. The Morgan fingerprint density at radius 2 is 1.88 bits per heavy atom. The van der Waals surface area contributed by atoms with Gasteiger partial charge in [-0.25, -0.2) is 0 Å². The highest BCUT2D eigenvalue weighted by atomic mass is 16.5. The molecule has 3 aliphatic carbocycles. The minimum atomic E-state index is -1.18. The van der Waals surface area contributed by atoms with E-state index in [0.717, 1.165) is 5.57 Å². The van der Waals surface area contributed by atoms with Crippen LogP contribution in [0.3, 0.4) is 0 Å². The number of hydrogen-bond donors (Lipinski definition) is 3. The van der Waals surface area contributed by atoms with E-state index in [9.17, 15) is 19.8 Å². The Morgan fingerprint density at radius 1 is 1.27 bits per heavy atom. The Balaban J connectivity index is 0.000000613. The molecule has 144 valence electrons. The van der Waals surface area contributed by atoms with Crippen molar-refractivity contribution in [2.24, 2.45) is 22.7 Å². The number of carbonyl (C=O) groups is 3. The number of carboxylic acid groups (broad SMARTS) is 1. The van der Waals surface area contributed by atoms with Crippen LogP contribution in [-0.4, -0.2) is 57.8 Å². The summed E-state index contributed by atoms with van der Waals surface area (Å²) in [4.78, 5) is 33.7. The van der Waals surface area contributed by atoms with Crippen LogP contribution in [0.5, 0.6) is 0 Å². The molecule has 1 aliphatic heterocycles. The summed E-state index contributed by atoms with van der Waals surface area (Å²) in [5.74, 6) is -0.843. The van der Waals surface area contributed by atoms with E-state index in [2.05, 4.69) is 0 Å². The Morgan fingerprint density at radius 3 is 2.50 bits per heavy atom. The zero-order chi connectivity index (χ0) is 19.5. The van der Waals surface area contributed by atoms with Gasteiger partial charge in [0.15, 0.2) is 5.78 Å². The summed E-state index contributed by atoms with van der Waals surface area (Å²) in [6.07, 6.45) is 0.872. The molecule has 1 spiro atoms. The van der Waals surface area contributed by atoms with Gasteiger partial charge in [-0.1, -0.05) is 12.5 Å². The summed E-state index contributed by atoms with van der Waals surface area (Å²) >= 11 is 0. The van der Waals surface area contributed by atoms with E-state index in [-0.39, 0.29) is 30.6 Å². The third-order valence-corrected chi connectivity index (χ3v) is 7.13. The molecule has 0 amide bonds. The van der Waals surface area contributed by atoms with E-state index in [1.165, 1.54) is 6.08 Å². The molecule has 4 aliphatic rings. The number of aliphatic hydroxyl groups is 2. The predicted octanol–water partition coefficient (Wildman–Crippen LogP) is 0.719. The van der Waals surface area contributed by atoms with Crippen molar-refractivity contribution in [1.82, 2.24) is 0 Å². The van der Waals surface area contributed by atoms with Crippen molar-refractivity contribution in [2.75, 3.05) is 6.61 Å². The number of aliphatic hydroxyl groups excluding tert-OH is 2. The molecular weight excluding hydrogens is 340 g/mol. The molecule has 7 heteroatoms. The van der Waals surface area contributed by atoms with Crippen LogP contribution in [0.2, 0.25) is 0 Å². The number of carbonyl (C=O) groups excluding carboxylic acids is 2. The molecule has 0 aromatic carbocycles.